The first-order valence-corrected chi connectivity index (χ1v) is 6.50. The van der Waals surface area contributed by atoms with Crippen molar-refractivity contribution in [3.8, 4) is 0 Å². The first-order valence-electron chi connectivity index (χ1n) is 5.71. The molecule has 1 unspecified atom stereocenters. The smallest absolute Gasteiger partial charge is 0.381 e. The van der Waals surface area contributed by atoms with Gasteiger partial charge >= 0.3 is 6.18 Å². The van der Waals surface area contributed by atoms with Gasteiger partial charge in [-0.1, -0.05) is 28.1 Å². The fourth-order valence-corrected chi connectivity index (χ4v) is 2.64. The number of aliphatic hydroxyl groups is 1. The molecule has 6 heteroatoms. The summed E-state index contributed by atoms with van der Waals surface area (Å²) in [7, 11) is 0. The fraction of sp³-hybridized carbons (Fsp3) is 0.385. The van der Waals surface area contributed by atoms with Crippen molar-refractivity contribution in [3.63, 3.8) is 0 Å². The number of allylic oxidation sites excluding steroid dienone is 1. The molecule has 2 rings (SSSR count). The lowest BCUT2D eigenvalue weighted by atomic mass is 9.83. The van der Waals surface area contributed by atoms with Gasteiger partial charge in [0.15, 0.2) is 0 Å². The molecule has 0 fully saturated rings. The van der Waals surface area contributed by atoms with Crippen molar-refractivity contribution in [2.45, 2.75) is 31.0 Å². The lowest BCUT2D eigenvalue weighted by Gasteiger charge is -2.29. The maximum Gasteiger partial charge on any atom is 0.419 e. The van der Waals surface area contributed by atoms with Crippen LogP contribution < -0.4 is 0 Å². The van der Waals surface area contributed by atoms with Crippen LogP contribution in [0.15, 0.2) is 28.8 Å². The second-order valence-corrected chi connectivity index (χ2v) is 5.45. The molecule has 0 radical (unpaired) electrons. The van der Waals surface area contributed by atoms with Gasteiger partial charge < -0.3 is 5.11 Å². The molecule has 0 aliphatic heterocycles. The summed E-state index contributed by atoms with van der Waals surface area (Å²) in [6.45, 7) is 0. The van der Waals surface area contributed by atoms with Crippen LogP contribution >= 0.6 is 15.9 Å². The molecular weight excluding hydrogens is 328 g/mol. The minimum Gasteiger partial charge on any atom is -0.381 e. The van der Waals surface area contributed by atoms with Crippen LogP contribution in [0.1, 0.15) is 30.4 Å². The van der Waals surface area contributed by atoms with E-state index in [1.807, 2.05) is 0 Å². The number of halogens is 5. The largest absolute Gasteiger partial charge is 0.419 e. The summed E-state index contributed by atoms with van der Waals surface area (Å²) in [5, 5.41) is 10.3. The summed E-state index contributed by atoms with van der Waals surface area (Å²) in [4.78, 5) is 0. The third kappa shape index (κ3) is 2.84. The van der Waals surface area contributed by atoms with Gasteiger partial charge in [0.2, 0.25) is 0 Å². The molecule has 104 valence electrons. The van der Waals surface area contributed by atoms with E-state index in [1.54, 1.807) is 6.08 Å². The fourth-order valence-electron chi connectivity index (χ4n) is 2.19. The van der Waals surface area contributed by atoms with Gasteiger partial charge in [0.25, 0.3) is 0 Å². The van der Waals surface area contributed by atoms with E-state index in [2.05, 4.69) is 15.9 Å². The number of hydrogen-bond donors (Lipinski definition) is 1. The van der Waals surface area contributed by atoms with Crippen molar-refractivity contribution in [1.29, 1.82) is 0 Å². The molecule has 1 aliphatic carbocycles. The molecule has 0 aromatic heterocycles. The van der Waals surface area contributed by atoms with Crippen LogP contribution in [-0.2, 0) is 11.8 Å². The predicted octanol–water partition coefficient (Wildman–Crippen LogP) is 4.53. The summed E-state index contributed by atoms with van der Waals surface area (Å²) in [6, 6.07) is 1.87. The van der Waals surface area contributed by atoms with Gasteiger partial charge in [-0.15, -0.1) is 0 Å². The van der Waals surface area contributed by atoms with Crippen molar-refractivity contribution < 1.29 is 22.7 Å². The Bertz CT molecular complexity index is 524. The van der Waals surface area contributed by atoms with E-state index < -0.39 is 23.2 Å². The number of hydrogen-bond acceptors (Lipinski definition) is 1. The monoisotopic (exact) mass is 338 g/mol. The average Bonchev–Trinajstić information content (AvgIpc) is 2.31. The highest BCUT2D eigenvalue weighted by molar-refractivity contribution is 9.10. The zero-order chi connectivity index (χ0) is 14.3. The first-order chi connectivity index (χ1) is 8.74. The lowest BCUT2D eigenvalue weighted by Crippen LogP contribution is -2.27. The Morgan fingerprint density at radius 1 is 1.26 bits per heavy atom. The number of benzene rings is 1. The maximum absolute atomic E-state index is 14.0. The van der Waals surface area contributed by atoms with Crippen molar-refractivity contribution in [2.75, 3.05) is 0 Å². The first kappa shape index (κ1) is 14.5. The Morgan fingerprint density at radius 2 is 1.95 bits per heavy atom. The van der Waals surface area contributed by atoms with Crippen LogP contribution in [0.4, 0.5) is 17.6 Å². The van der Waals surface area contributed by atoms with Gasteiger partial charge in [-0.3, -0.25) is 0 Å². The molecule has 1 atom stereocenters. The summed E-state index contributed by atoms with van der Waals surface area (Å²) in [5.41, 5.74) is -3.39. The third-order valence-corrected chi connectivity index (χ3v) is 3.59. The Labute approximate surface area is 116 Å². The Hall–Kier alpha value is -0.880. The van der Waals surface area contributed by atoms with Gasteiger partial charge in [-0.05, 0) is 31.4 Å². The van der Waals surface area contributed by atoms with Crippen LogP contribution in [0.25, 0.3) is 0 Å². The minimum absolute atomic E-state index is 0.0867. The summed E-state index contributed by atoms with van der Waals surface area (Å²) in [6.07, 6.45) is -0.255. The number of rotatable bonds is 1. The highest BCUT2D eigenvalue weighted by Crippen LogP contribution is 2.40. The third-order valence-electron chi connectivity index (χ3n) is 3.13. The molecular formula is C13H11BrF4O. The van der Waals surface area contributed by atoms with Crippen molar-refractivity contribution in [3.05, 3.63) is 45.7 Å². The molecule has 0 amide bonds. The van der Waals surface area contributed by atoms with E-state index in [0.29, 0.717) is 12.5 Å². The molecule has 0 heterocycles. The molecule has 0 saturated carbocycles. The SMILES string of the molecule is OC1(c2cc(Br)cc(C(F)(F)F)c2F)C=CCCC1. The van der Waals surface area contributed by atoms with Gasteiger partial charge in [-0.2, -0.15) is 13.2 Å². The maximum atomic E-state index is 14.0. The summed E-state index contributed by atoms with van der Waals surface area (Å²) < 4.78 is 52.4. The van der Waals surface area contributed by atoms with E-state index in [9.17, 15) is 22.7 Å². The molecule has 1 nitrogen and oxygen atoms in total. The zero-order valence-corrected chi connectivity index (χ0v) is 11.4. The van der Waals surface area contributed by atoms with Crippen LogP contribution in [0.2, 0.25) is 0 Å². The number of alkyl halides is 3. The quantitative estimate of drug-likeness (QED) is 0.589. The molecule has 1 aliphatic rings. The molecule has 19 heavy (non-hydrogen) atoms. The lowest BCUT2D eigenvalue weighted by molar-refractivity contribution is -0.140. The van der Waals surface area contributed by atoms with E-state index in [1.165, 1.54) is 12.1 Å². The second-order valence-electron chi connectivity index (χ2n) is 4.53. The van der Waals surface area contributed by atoms with E-state index in [4.69, 9.17) is 0 Å². The second kappa shape index (κ2) is 4.90. The van der Waals surface area contributed by atoms with E-state index >= 15 is 0 Å². The van der Waals surface area contributed by atoms with Crippen LogP contribution in [0.5, 0.6) is 0 Å². The minimum atomic E-state index is -4.79. The summed E-state index contributed by atoms with van der Waals surface area (Å²) in [5.74, 6) is -1.41. The van der Waals surface area contributed by atoms with Crippen LogP contribution in [-0.4, -0.2) is 5.11 Å². The van der Waals surface area contributed by atoms with Gasteiger partial charge in [-0.25, -0.2) is 4.39 Å². The zero-order valence-electron chi connectivity index (χ0n) is 9.77. The molecule has 1 aromatic rings. The Kier molecular flexibility index (Phi) is 3.75. The van der Waals surface area contributed by atoms with Gasteiger partial charge in [0, 0.05) is 10.0 Å². The molecule has 0 bridgehead atoms. The topological polar surface area (TPSA) is 20.2 Å². The predicted molar refractivity (Wildman–Crippen MR) is 66.0 cm³/mol. The van der Waals surface area contributed by atoms with Crippen molar-refractivity contribution in [2.24, 2.45) is 0 Å². The summed E-state index contributed by atoms with van der Waals surface area (Å²) >= 11 is 2.93. The van der Waals surface area contributed by atoms with Crippen LogP contribution in [0, 0.1) is 5.82 Å². The van der Waals surface area contributed by atoms with Crippen LogP contribution in [0.3, 0.4) is 0 Å². The van der Waals surface area contributed by atoms with Gasteiger partial charge in [0.05, 0.1) is 5.56 Å². The normalized spacial score (nSPS) is 23.7. The molecule has 0 spiro atoms. The average molecular weight is 339 g/mol. The van der Waals surface area contributed by atoms with E-state index in [0.717, 1.165) is 6.42 Å². The molecule has 0 saturated heterocycles. The molecule has 1 aromatic carbocycles. The Balaban J connectivity index is 2.61. The van der Waals surface area contributed by atoms with E-state index in [-0.39, 0.29) is 16.5 Å². The Morgan fingerprint density at radius 3 is 2.47 bits per heavy atom. The standard InChI is InChI=1S/C13H11BrF4O/c14-8-6-9(12(19)4-2-1-3-5-12)11(15)10(7-8)13(16,17)18/h2,4,6-7,19H,1,3,5H2. The van der Waals surface area contributed by atoms with Gasteiger partial charge in [0.1, 0.15) is 11.4 Å². The highest BCUT2D eigenvalue weighted by Gasteiger charge is 2.39. The van der Waals surface area contributed by atoms with Crippen molar-refractivity contribution >= 4 is 15.9 Å². The molecule has 1 N–H and O–H groups in total. The highest BCUT2D eigenvalue weighted by atomic mass is 79.9. The van der Waals surface area contributed by atoms with Crippen molar-refractivity contribution in [1.82, 2.24) is 0 Å².